The van der Waals surface area contributed by atoms with E-state index in [2.05, 4.69) is 31.1 Å². The fourth-order valence-corrected chi connectivity index (χ4v) is 4.57. The Morgan fingerprint density at radius 3 is 2.88 bits per heavy atom. The van der Waals surface area contributed by atoms with Crippen molar-refractivity contribution in [2.75, 3.05) is 5.32 Å². The summed E-state index contributed by atoms with van der Waals surface area (Å²) in [5, 5.41) is 3.37. The second kappa shape index (κ2) is 6.34. The quantitative estimate of drug-likeness (QED) is 0.833. The lowest BCUT2D eigenvalue weighted by Crippen LogP contribution is -2.26. The van der Waals surface area contributed by atoms with Crippen molar-refractivity contribution in [1.29, 1.82) is 0 Å². The van der Waals surface area contributed by atoms with Gasteiger partial charge in [-0.3, -0.25) is 9.59 Å². The number of carbonyl (C=O) groups excluding carboxylic acids is 2. The lowest BCUT2D eigenvalue weighted by atomic mass is 9.78. The predicted molar refractivity (Wildman–Crippen MR) is 101 cm³/mol. The molecular formula is C20H24N2O3S. The number of aromatic nitrogens is 1. The van der Waals surface area contributed by atoms with E-state index in [4.69, 9.17) is 4.42 Å². The molecule has 26 heavy (non-hydrogen) atoms. The standard InChI is InChI=1S/C20H24N2O3S/c1-11-8-13(11)16-6-4-12(25-16)5-7-17(24)22-19-21-14-9-20(2,3)10-15(23)18(14)26-19/h4,6,11,13H,5,7-10H2,1-3H3,(H,21,22,24)/t11-,13+/m0/s1. The van der Waals surface area contributed by atoms with Gasteiger partial charge in [0.1, 0.15) is 11.5 Å². The summed E-state index contributed by atoms with van der Waals surface area (Å²) in [6.07, 6.45) is 3.42. The van der Waals surface area contributed by atoms with Crippen molar-refractivity contribution in [2.24, 2.45) is 11.3 Å². The van der Waals surface area contributed by atoms with Crippen molar-refractivity contribution in [2.45, 2.75) is 58.8 Å². The molecule has 0 aromatic carbocycles. The molecule has 1 N–H and O–H groups in total. The first-order valence-electron chi connectivity index (χ1n) is 9.22. The molecule has 2 aliphatic carbocycles. The zero-order valence-electron chi connectivity index (χ0n) is 15.4. The van der Waals surface area contributed by atoms with Crippen LogP contribution in [0.4, 0.5) is 5.13 Å². The molecule has 2 aromatic rings. The number of ketones is 1. The summed E-state index contributed by atoms with van der Waals surface area (Å²) >= 11 is 1.29. The first-order chi connectivity index (χ1) is 12.3. The number of anilines is 1. The number of aryl methyl sites for hydroxylation is 1. The molecule has 1 amide bonds. The van der Waals surface area contributed by atoms with Crippen LogP contribution >= 0.6 is 11.3 Å². The Kier molecular flexibility index (Phi) is 4.26. The van der Waals surface area contributed by atoms with Crippen LogP contribution in [0.2, 0.25) is 0 Å². The Morgan fingerprint density at radius 2 is 2.15 bits per heavy atom. The van der Waals surface area contributed by atoms with Gasteiger partial charge in [-0.25, -0.2) is 4.98 Å². The van der Waals surface area contributed by atoms with Crippen molar-refractivity contribution >= 4 is 28.2 Å². The van der Waals surface area contributed by atoms with Gasteiger partial charge in [0.2, 0.25) is 5.91 Å². The highest BCUT2D eigenvalue weighted by molar-refractivity contribution is 7.17. The van der Waals surface area contributed by atoms with Gasteiger partial charge >= 0.3 is 0 Å². The maximum absolute atomic E-state index is 12.2. The fraction of sp³-hybridized carbons (Fsp3) is 0.550. The zero-order valence-corrected chi connectivity index (χ0v) is 16.2. The Balaban J connectivity index is 1.34. The Hall–Kier alpha value is -1.95. The van der Waals surface area contributed by atoms with Gasteiger partial charge in [-0.2, -0.15) is 0 Å². The van der Waals surface area contributed by atoms with Gasteiger partial charge in [0.25, 0.3) is 0 Å². The summed E-state index contributed by atoms with van der Waals surface area (Å²) in [6.45, 7) is 6.37. The number of furan rings is 1. The van der Waals surface area contributed by atoms with E-state index in [1.165, 1.54) is 17.8 Å². The first kappa shape index (κ1) is 17.5. The van der Waals surface area contributed by atoms with Crippen LogP contribution in [0.1, 0.15) is 72.8 Å². The topological polar surface area (TPSA) is 72.2 Å². The van der Waals surface area contributed by atoms with E-state index < -0.39 is 0 Å². The summed E-state index contributed by atoms with van der Waals surface area (Å²) in [6, 6.07) is 4.00. The Bertz CT molecular complexity index is 864. The first-order valence-corrected chi connectivity index (χ1v) is 10.0. The molecule has 2 heterocycles. The van der Waals surface area contributed by atoms with E-state index in [0.717, 1.165) is 23.6 Å². The van der Waals surface area contributed by atoms with E-state index in [1.54, 1.807) is 0 Å². The number of fused-ring (bicyclic) bond motifs is 1. The van der Waals surface area contributed by atoms with Crippen LogP contribution in [-0.2, 0) is 17.6 Å². The Labute approximate surface area is 157 Å². The second-order valence-electron chi connectivity index (χ2n) is 8.41. The number of Topliss-reactive ketones (excluding diaryl/α,β-unsaturated/α-hetero) is 1. The third-order valence-electron chi connectivity index (χ3n) is 5.24. The molecule has 0 aliphatic heterocycles. The molecule has 2 aliphatic rings. The molecule has 6 heteroatoms. The lowest BCUT2D eigenvalue weighted by molar-refractivity contribution is -0.116. The monoisotopic (exact) mass is 372 g/mol. The van der Waals surface area contributed by atoms with Crippen molar-refractivity contribution in [3.63, 3.8) is 0 Å². The average molecular weight is 372 g/mol. The average Bonchev–Trinajstić information content (AvgIpc) is 2.96. The maximum Gasteiger partial charge on any atom is 0.226 e. The number of carbonyl (C=O) groups is 2. The number of amides is 1. The van der Waals surface area contributed by atoms with Gasteiger partial charge in [0.15, 0.2) is 10.9 Å². The van der Waals surface area contributed by atoms with Gasteiger partial charge in [-0.15, -0.1) is 0 Å². The highest BCUT2D eigenvalue weighted by Gasteiger charge is 2.36. The van der Waals surface area contributed by atoms with Crippen molar-refractivity contribution in [3.8, 4) is 0 Å². The van der Waals surface area contributed by atoms with Crippen LogP contribution in [0.15, 0.2) is 16.5 Å². The van der Waals surface area contributed by atoms with Crippen LogP contribution in [0.25, 0.3) is 0 Å². The van der Waals surface area contributed by atoms with Gasteiger partial charge in [-0.05, 0) is 36.3 Å². The lowest BCUT2D eigenvalue weighted by Gasteiger charge is -2.26. The minimum atomic E-state index is -0.0967. The third-order valence-corrected chi connectivity index (χ3v) is 6.29. The molecule has 1 fully saturated rings. The normalized spacial score (nSPS) is 23.6. The van der Waals surface area contributed by atoms with Crippen LogP contribution in [-0.4, -0.2) is 16.7 Å². The van der Waals surface area contributed by atoms with E-state index in [0.29, 0.717) is 41.1 Å². The number of hydrogen-bond acceptors (Lipinski definition) is 5. The third kappa shape index (κ3) is 3.61. The molecule has 0 bridgehead atoms. The molecule has 138 valence electrons. The fourth-order valence-electron chi connectivity index (χ4n) is 3.64. The van der Waals surface area contributed by atoms with Crippen LogP contribution in [0.5, 0.6) is 0 Å². The maximum atomic E-state index is 12.2. The minimum Gasteiger partial charge on any atom is -0.466 e. The number of nitrogens with one attached hydrogen (secondary N) is 1. The molecule has 2 atom stereocenters. The molecule has 0 spiro atoms. The van der Waals surface area contributed by atoms with Gasteiger partial charge in [0.05, 0.1) is 10.6 Å². The van der Waals surface area contributed by atoms with E-state index in [9.17, 15) is 9.59 Å². The summed E-state index contributed by atoms with van der Waals surface area (Å²) < 4.78 is 5.84. The molecule has 0 unspecified atom stereocenters. The predicted octanol–water partition coefficient (Wildman–Crippen LogP) is 4.59. The molecule has 0 saturated heterocycles. The minimum absolute atomic E-state index is 0.0600. The number of hydrogen-bond donors (Lipinski definition) is 1. The molecule has 4 rings (SSSR count). The van der Waals surface area contributed by atoms with Crippen molar-refractivity contribution < 1.29 is 14.0 Å². The van der Waals surface area contributed by atoms with Gasteiger partial charge < -0.3 is 9.73 Å². The number of nitrogens with zero attached hydrogens (tertiary/aromatic N) is 1. The summed E-state index contributed by atoms with van der Waals surface area (Å²) in [7, 11) is 0. The van der Waals surface area contributed by atoms with Crippen molar-refractivity contribution in [1.82, 2.24) is 4.98 Å². The zero-order chi connectivity index (χ0) is 18.5. The number of rotatable bonds is 5. The second-order valence-corrected chi connectivity index (χ2v) is 9.41. The smallest absolute Gasteiger partial charge is 0.226 e. The van der Waals surface area contributed by atoms with E-state index in [1.807, 2.05) is 12.1 Å². The SMILES string of the molecule is C[C@H]1C[C@H]1c1ccc(CCC(=O)Nc2nc3c(s2)C(=O)CC(C)(C)C3)o1. The van der Waals surface area contributed by atoms with Crippen LogP contribution in [0, 0.1) is 11.3 Å². The van der Waals surface area contributed by atoms with E-state index >= 15 is 0 Å². The summed E-state index contributed by atoms with van der Waals surface area (Å²) in [5.41, 5.74) is 0.760. The highest BCUT2D eigenvalue weighted by atomic mass is 32.1. The van der Waals surface area contributed by atoms with Gasteiger partial charge in [-0.1, -0.05) is 32.1 Å². The molecule has 0 radical (unpaired) electrons. The molecule has 2 aromatic heterocycles. The van der Waals surface area contributed by atoms with Gasteiger partial charge in [0, 0.05) is 25.2 Å². The van der Waals surface area contributed by atoms with Crippen LogP contribution < -0.4 is 5.32 Å². The Morgan fingerprint density at radius 1 is 1.38 bits per heavy atom. The van der Waals surface area contributed by atoms with E-state index in [-0.39, 0.29) is 17.1 Å². The van der Waals surface area contributed by atoms with Crippen LogP contribution in [0.3, 0.4) is 0 Å². The highest BCUT2D eigenvalue weighted by Crippen LogP contribution is 2.47. The molecule has 5 nitrogen and oxygen atoms in total. The molecular weight excluding hydrogens is 348 g/mol. The largest absolute Gasteiger partial charge is 0.466 e. The van der Waals surface area contributed by atoms with Crippen molar-refractivity contribution in [3.05, 3.63) is 34.2 Å². The summed E-state index contributed by atoms with van der Waals surface area (Å²) in [5.74, 6) is 3.19. The summed E-state index contributed by atoms with van der Waals surface area (Å²) in [4.78, 5) is 29.7. The number of thiazole rings is 1. The molecule has 1 saturated carbocycles.